The van der Waals surface area contributed by atoms with E-state index in [1.54, 1.807) is 38.5 Å². The molecule has 1 aliphatic rings. The number of benzene rings is 2. The number of hydrogen-bond acceptors (Lipinski definition) is 4. The molecule has 3 rings (SSSR count). The van der Waals surface area contributed by atoms with Crippen molar-refractivity contribution in [3.8, 4) is 11.5 Å². The largest absolute Gasteiger partial charge is 0.493 e. The van der Waals surface area contributed by atoms with Gasteiger partial charge in [-0.1, -0.05) is 24.6 Å². The lowest BCUT2D eigenvalue weighted by Crippen LogP contribution is -2.47. The number of likely N-dealkylation sites (N-methyl/N-ethyl adjacent to an activating group) is 1. The van der Waals surface area contributed by atoms with E-state index in [9.17, 15) is 4.79 Å². The summed E-state index contributed by atoms with van der Waals surface area (Å²) in [4.78, 5) is 15.1. The Morgan fingerprint density at radius 1 is 1.25 bits per heavy atom. The monoisotopic (exact) mass is 402 g/mol. The fraction of sp³-hybridized carbons (Fsp3) is 0.409. The predicted molar refractivity (Wildman–Crippen MR) is 112 cm³/mol. The topological polar surface area (TPSA) is 50.8 Å². The Labute approximate surface area is 171 Å². The minimum atomic E-state index is -0.126. The molecule has 150 valence electrons. The van der Waals surface area contributed by atoms with Crippen molar-refractivity contribution in [3.05, 3.63) is 58.1 Å². The summed E-state index contributed by atoms with van der Waals surface area (Å²) in [5.41, 5.74) is 2.96. The van der Waals surface area contributed by atoms with E-state index in [1.807, 2.05) is 13.0 Å². The van der Waals surface area contributed by atoms with Crippen LogP contribution in [0.1, 0.15) is 41.4 Å². The number of nitrogens with zero attached hydrogens (tertiary/aromatic N) is 1. The minimum absolute atomic E-state index is 0.0525. The molecule has 5 nitrogen and oxygen atoms in total. The average Bonchev–Trinajstić information content (AvgIpc) is 2.71. The molecule has 0 bridgehead atoms. The summed E-state index contributed by atoms with van der Waals surface area (Å²) in [5, 5.41) is 3.70. The van der Waals surface area contributed by atoms with Crippen LogP contribution >= 0.6 is 11.6 Å². The van der Waals surface area contributed by atoms with Crippen LogP contribution in [-0.2, 0) is 6.42 Å². The van der Waals surface area contributed by atoms with Crippen LogP contribution < -0.4 is 14.8 Å². The molecule has 2 aromatic carbocycles. The molecule has 0 spiro atoms. The van der Waals surface area contributed by atoms with Crippen LogP contribution in [0.25, 0.3) is 0 Å². The molecule has 28 heavy (non-hydrogen) atoms. The Kier molecular flexibility index (Phi) is 6.47. The van der Waals surface area contributed by atoms with E-state index in [-0.39, 0.29) is 18.0 Å². The number of carbonyl (C=O) groups excluding carboxylic acids is 1. The zero-order chi connectivity index (χ0) is 20.3. The van der Waals surface area contributed by atoms with E-state index in [1.165, 1.54) is 11.1 Å². The van der Waals surface area contributed by atoms with Crippen molar-refractivity contribution in [2.75, 3.05) is 27.3 Å². The number of amides is 1. The first kappa shape index (κ1) is 20.5. The summed E-state index contributed by atoms with van der Waals surface area (Å²) in [5.74, 6) is 1.32. The van der Waals surface area contributed by atoms with Crippen LogP contribution in [0, 0.1) is 0 Å². The summed E-state index contributed by atoms with van der Waals surface area (Å²) >= 11 is 6.03. The summed E-state index contributed by atoms with van der Waals surface area (Å²) in [6.07, 6.45) is 0.939. The van der Waals surface area contributed by atoms with Gasteiger partial charge in [-0.3, -0.25) is 9.69 Å². The van der Waals surface area contributed by atoms with E-state index in [0.29, 0.717) is 16.3 Å². The molecule has 0 aromatic heterocycles. The van der Waals surface area contributed by atoms with Crippen LogP contribution in [0.4, 0.5) is 0 Å². The summed E-state index contributed by atoms with van der Waals surface area (Å²) in [6.45, 7) is 6.02. The molecule has 0 fully saturated rings. The van der Waals surface area contributed by atoms with Crippen LogP contribution in [0.3, 0.4) is 0 Å². The van der Waals surface area contributed by atoms with Gasteiger partial charge >= 0.3 is 0 Å². The van der Waals surface area contributed by atoms with Crippen LogP contribution in [0.15, 0.2) is 36.4 Å². The highest BCUT2D eigenvalue weighted by Crippen LogP contribution is 2.39. The van der Waals surface area contributed by atoms with Gasteiger partial charge in [0.1, 0.15) is 0 Å². The average molecular weight is 403 g/mol. The van der Waals surface area contributed by atoms with Crippen molar-refractivity contribution in [3.63, 3.8) is 0 Å². The maximum atomic E-state index is 12.7. The van der Waals surface area contributed by atoms with Crippen molar-refractivity contribution in [2.24, 2.45) is 0 Å². The van der Waals surface area contributed by atoms with Gasteiger partial charge in [0.05, 0.1) is 20.3 Å². The van der Waals surface area contributed by atoms with Crippen LogP contribution in [0.5, 0.6) is 11.5 Å². The highest BCUT2D eigenvalue weighted by Gasteiger charge is 2.33. The van der Waals surface area contributed by atoms with Gasteiger partial charge in [0.2, 0.25) is 0 Å². The fourth-order valence-electron chi connectivity index (χ4n) is 3.97. The number of ether oxygens (including phenoxy) is 2. The molecule has 0 radical (unpaired) electrons. The highest BCUT2D eigenvalue weighted by atomic mass is 35.5. The number of rotatable bonds is 6. The van der Waals surface area contributed by atoms with Crippen molar-refractivity contribution >= 4 is 17.5 Å². The van der Waals surface area contributed by atoms with Gasteiger partial charge in [-0.15, -0.1) is 0 Å². The Balaban J connectivity index is 1.91. The molecule has 1 aliphatic heterocycles. The second-order valence-corrected chi connectivity index (χ2v) is 7.44. The van der Waals surface area contributed by atoms with Crippen molar-refractivity contribution < 1.29 is 14.3 Å². The maximum absolute atomic E-state index is 12.7. The van der Waals surface area contributed by atoms with Gasteiger partial charge in [0.25, 0.3) is 5.91 Å². The molecule has 0 aliphatic carbocycles. The molecule has 1 N–H and O–H groups in total. The molecule has 0 saturated heterocycles. The van der Waals surface area contributed by atoms with E-state index in [0.717, 1.165) is 25.3 Å². The molecule has 2 aromatic rings. The van der Waals surface area contributed by atoms with E-state index in [4.69, 9.17) is 21.1 Å². The SMILES string of the molecule is CCN1CCc2cc(OC)c(OC)cc2[C@@H]1[C@@H](C)NC(=O)c1cccc(Cl)c1. The standard InChI is InChI=1S/C22H27ClN2O3/c1-5-25-10-9-15-12-19(27-3)20(28-4)13-18(15)21(25)14(2)24-22(26)16-7-6-8-17(23)11-16/h6-8,11-14,21H,5,9-10H2,1-4H3,(H,24,26)/t14-,21+/m1/s1. The first-order chi connectivity index (χ1) is 13.5. The predicted octanol–water partition coefficient (Wildman–Crippen LogP) is 4.09. The lowest BCUT2D eigenvalue weighted by molar-refractivity contribution is 0.0889. The summed E-state index contributed by atoms with van der Waals surface area (Å²) in [7, 11) is 3.29. The number of halogens is 1. The van der Waals surface area contributed by atoms with E-state index < -0.39 is 0 Å². The third kappa shape index (κ3) is 4.10. The first-order valence-electron chi connectivity index (χ1n) is 9.53. The molecular formula is C22H27ClN2O3. The van der Waals surface area contributed by atoms with Crippen molar-refractivity contribution in [1.29, 1.82) is 0 Å². The quantitative estimate of drug-likeness (QED) is 0.790. The lowest BCUT2D eigenvalue weighted by Gasteiger charge is -2.40. The van der Waals surface area contributed by atoms with Crippen molar-refractivity contribution in [2.45, 2.75) is 32.4 Å². The molecule has 0 saturated carbocycles. The fourth-order valence-corrected chi connectivity index (χ4v) is 4.16. The third-order valence-electron chi connectivity index (χ3n) is 5.35. The molecule has 0 unspecified atom stereocenters. The number of methoxy groups -OCH3 is 2. The number of nitrogens with one attached hydrogen (secondary N) is 1. The highest BCUT2D eigenvalue weighted by molar-refractivity contribution is 6.30. The van der Waals surface area contributed by atoms with Gasteiger partial charge in [-0.25, -0.2) is 0 Å². The summed E-state index contributed by atoms with van der Waals surface area (Å²) < 4.78 is 11.0. The van der Waals surface area contributed by atoms with E-state index in [2.05, 4.69) is 23.2 Å². The zero-order valence-electron chi connectivity index (χ0n) is 16.8. The number of fused-ring (bicyclic) bond motifs is 1. The molecule has 6 heteroatoms. The van der Waals surface area contributed by atoms with Gasteiger partial charge in [-0.2, -0.15) is 0 Å². The Morgan fingerprint density at radius 3 is 2.61 bits per heavy atom. The second-order valence-electron chi connectivity index (χ2n) is 7.00. The van der Waals surface area contributed by atoms with Crippen LogP contribution in [-0.4, -0.2) is 44.2 Å². The number of carbonyl (C=O) groups is 1. The van der Waals surface area contributed by atoms with Gasteiger partial charge in [0, 0.05) is 23.2 Å². The van der Waals surface area contributed by atoms with Gasteiger partial charge in [0.15, 0.2) is 11.5 Å². The number of hydrogen-bond donors (Lipinski definition) is 1. The Hall–Kier alpha value is -2.24. The molecule has 1 heterocycles. The molecule has 1 amide bonds. The zero-order valence-corrected chi connectivity index (χ0v) is 17.5. The normalized spacial score (nSPS) is 17.5. The van der Waals surface area contributed by atoms with Crippen LogP contribution in [0.2, 0.25) is 5.02 Å². The Bertz CT molecular complexity index is 856. The smallest absolute Gasteiger partial charge is 0.251 e. The molecular weight excluding hydrogens is 376 g/mol. The second kappa shape index (κ2) is 8.84. The molecule has 2 atom stereocenters. The van der Waals surface area contributed by atoms with Crippen molar-refractivity contribution in [1.82, 2.24) is 10.2 Å². The lowest BCUT2D eigenvalue weighted by atomic mass is 9.88. The Morgan fingerprint density at radius 2 is 1.96 bits per heavy atom. The minimum Gasteiger partial charge on any atom is -0.493 e. The first-order valence-corrected chi connectivity index (χ1v) is 9.91. The van der Waals surface area contributed by atoms with E-state index >= 15 is 0 Å². The van der Waals surface area contributed by atoms with Gasteiger partial charge < -0.3 is 14.8 Å². The summed E-state index contributed by atoms with van der Waals surface area (Å²) in [6, 6.07) is 11.1. The maximum Gasteiger partial charge on any atom is 0.251 e. The van der Waals surface area contributed by atoms with Gasteiger partial charge in [-0.05, 0) is 61.3 Å². The third-order valence-corrected chi connectivity index (χ3v) is 5.59.